The van der Waals surface area contributed by atoms with Gasteiger partial charge < -0.3 is 10.7 Å². The van der Waals surface area contributed by atoms with E-state index in [0.717, 1.165) is 29.9 Å². The molecular weight excluding hydrogens is 444 g/mol. The lowest BCUT2D eigenvalue weighted by molar-refractivity contribution is -0.123. The van der Waals surface area contributed by atoms with Crippen molar-refractivity contribution in [1.29, 1.82) is 0 Å². The average Bonchev–Trinajstić information content (AvgIpc) is 3.46. The molecule has 4 aromatic heterocycles. The Morgan fingerprint density at radius 1 is 1.29 bits per heavy atom. The van der Waals surface area contributed by atoms with Crippen molar-refractivity contribution >= 4 is 33.1 Å². The van der Waals surface area contributed by atoms with Crippen molar-refractivity contribution in [3.05, 3.63) is 40.7 Å². The molecule has 1 spiro atoms. The van der Waals surface area contributed by atoms with Crippen molar-refractivity contribution in [3.8, 4) is 11.3 Å². The van der Waals surface area contributed by atoms with Gasteiger partial charge in [-0.2, -0.15) is 5.10 Å². The van der Waals surface area contributed by atoms with E-state index in [2.05, 4.69) is 59.1 Å². The number of rotatable bonds is 5. The maximum absolute atomic E-state index is 11.2. The molecule has 34 heavy (non-hydrogen) atoms. The molecule has 4 aromatic rings. The lowest BCUT2D eigenvalue weighted by atomic mass is 9.65. The Hall–Kier alpha value is -2.71. The predicted molar refractivity (Wildman–Crippen MR) is 136 cm³/mol. The van der Waals surface area contributed by atoms with Crippen LogP contribution in [0, 0.1) is 12.3 Å². The second-order valence-electron chi connectivity index (χ2n) is 10.8. The molecule has 1 aliphatic carbocycles. The molecule has 0 aromatic carbocycles. The molecule has 8 heteroatoms. The smallest absolute Gasteiger partial charge is 0.231 e. The van der Waals surface area contributed by atoms with Crippen LogP contribution in [0.3, 0.4) is 0 Å². The number of aromatic nitrogens is 4. The van der Waals surface area contributed by atoms with Gasteiger partial charge in [-0.3, -0.25) is 9.69 Å². The molecule has 1 aliphatic heterocycles. The number of amides is 1. The van der Waals surface area contributed by atoms with Crippen LogP contribution in [0.5, 0.6) is 0 Å². The van der Waals surface area contributed by atoms with Gasteiger partial charge >= 0.3 is 0 Å². The van der Waals surface area contributed by atoms with Gasteiger partial charge in [0, 0.05) is 29.7 Å². The molecule has 2 fully saturated rings. The maximum atomic E-state index is 11.2. The summed E-state index contributed by atoms with van der Waals surface area (Å²) in [5, 5.41) is 4.37. The quantitative estimate of drug-likeness (QED) is 0.432. The Morgan fingerprint density at radius 2 is 2.06 bits per heavy atom. The molecule has 1 saturated heterocycles. The molecule has 178 valence electrons. The highest BCUT2D eigenvalue weighted by atomic mass is 32.1. The summed E-state index contributed by atoms with van der Waals surface area (Å²) in [6, 6.07) is 4.62. The number of thiophene rings is 1. The van der Waals surface area contributed by atoms with Gasteiger partial charge in [0.25, 0.3) is 0 Å². The number of nitrogens with one attached hydrogen (secondary N) is 1. The van der Waals surface area contributed by atoms with Gasteiger partial charge in [0.1, 0.15) is 6.33 Å². The fraction of sp³-hybridized carbons (Fsp3) is 0.500. The molecule has 7 nitrogen and oxygen atoms in total. The van der Waals surface area contributed by atoms with Crippen LogP contribution in [0.1, 0.15) is 67.4 Å². The van der Waals surface area contributed by atoms with E-state index in [1.807, 2.05) is 15.9 Å². The van der Waals surface area contributed by atoms with Crippen LogP contribution in [-0.4, -0.2) is 50.0 Å². The number of nitrogens with zero attached hydrogens (tertiary/aromatic N) is 4. The third-order valence-electron chi connectivity index (χ3n) is 7.90. The summed E-state index contributed by atoms with van der Waals surface area (Å²) in [4.78, 5) is 23.0. The SMILES string of the molecule is Cc1cc(-c2[nH]c3cc(C4CCC5(CC4)CN(CC(N)=O)C5)sc3c2C(C)C)cn2ncnc12. The number of primary amides is 1. The minimum atomic E-state index is -0.214. The molecule has 0 bridgehead atoms. The average molecular weight is 477 g/mol. The molecule has 5 heterocycles. The van der Waals surface area contributed by atoms with Crippen molar-refractivity contribution in [3.63, 3.8) is 0 Å². The summed E-state index contributed by atoms with van der Waals surface area (Å²) < 4.78 is 3.27. The fourth-order valence-corrected chi connectivity index (χ4v) is 7.78. The molecule has 1 saturated carbocycles. The molecule has 0 unspecified atom stereocenters. The lowest BCUT2D eigenvalue weighted by Gasteiger charge is -2.53. The number of carbonyl (C=O) groups excluding carboxylic acids is 1. The van der Waals surface area contributed by atoms with Crippen LogP contribution in [0.4, 0.5) is 0 Å². The topological polar surface area (TPSA) is 92.3 Å². The number of likely N-dealkylation sites (tertiary alicyclic amines) is 1. The van der Waals surface area contributed by atoms with E-state index in [-0.39, 0.29) is 5.91 Å². The Labute approximate surface area is 203 Å². The summed E-state index contributed by atoms with van der Waals surface area (Å²) in [6.07, 6.45) is 8.66. The fourth-order valence-electron chi connectivity index (χ4n) is 6.29. The number of fused-ring (bicyclic) bond motifs is 2. The first kappa shape index (κ1) is 21.8. The second-order valence-corrected chi connectivity index (χ2v) is 11.9. The molecule has 2 aliphatic rings. The highest BCUT2D eigenvalue weighted by Crippen LogP contribution is 2.50. The number of hydrogen-bond acceptors (Lipinski definition) is 5. The van der Waals surface area contributed by atoms with Gasteiger partial charge in [-0.1, -0.05) is 13.8 Å². The highest BCUT2D eigenvalue weighted by molar-refractivity contribution is 7.19. The zero-order valence-corrected chi connectivity index (χ0v) is 20.9. The normalized spacial score (nSPS) is 18.9. The van der Waals surface area contributed by atoms with Gasteiger partial charge in [0.05, 0.1) is 22.5 Å². The van der Waals surface area contributed by atoms with E-state index in [1.54, 1.807) is 6.33 Å². The van der Waals surface area contributed by atoms with Crippen LogP contribution in [-0.2, 0) is 4.79 Å². The van der Waals surface area contributed by atoms with E-state index in [4.69, 9.17) is 5.73 Å². The van der Waals surface area contributed by atoms with Crippen LogP contribution in [0.2, 0.25) is 0 Å². The third-order valence-corrected chi connectivity index (χ3v) is 9.23. The molecule has 3 N–H and O–H groups in total. The number of hydrogen-bond donors (Lipinski definition) is 2. The molecule has 0 radical (unpaired) electrons. The van der Waals surface area contributed by atoms with Gasteiger partial charge in [0.2, 0.25) is 5.91 Å². The molecule has 6 rings (SSSR count). The Bertz CT molecular complexity index is 1380. The van der Waals surface area contributed by atoms with Crippen LogP contribution in [0.25, 0.3) is 27.1 Å². The number of pyridine rings is 1. The van der Waals surface area contributed by atoms with Crippen molar-refractivity contribution in [2.45, 2.75) is 58.3 Å². The monoisotopic (exact) mass is 476 g/mol. The van der Waals surface area contributed by atoms with Gasteiger partial charge in [-0.15, -0.1) is 11.3 Å². The number of nitrogens with two attached hydrogens (primary N) is 1. The number of aryl methyl sites for hydroxylation is 1. The first-order chi connectivity index (χ1) is 16.3. The zero-order chi connectivity index (χ0) is 23.6. The van der Waals surface area contributed by atoms with Gasteiger partial charge in [0.15, 0.2) is 5.65 Å². The first-order valence-electron chi connectivity index (χ1n) is 12.3. The minimum Gasteiger partial charge on any atom is -0.369 e. The van der Waals surface area contributed by atoms with E-state index in [1.165, 1.54) is 52.0 Å². The van der Waals surface area contributed by atoms with Crippen molar-refractivity contribution in [1.82, 2.24) is 24.5 Å². The number of H-pyrrole nitrogens is 1. The standard InChI is InChI=1S/C26H32N6OS/c1-15(2)22-23(18-8-16(3)25-28-14-29-32(25)10-18)30-19-9-20(34-24(19)22)17-4-6-26(7-5-17)12-31(13-26)11-21(27)33/h8-10,14-15,17,30H,4-7,11-13H2,1-3H3,(H2,27,33). The van der Waals surface area contributed by atoms with E-state index >= 15 is 0 Å². The van der Waals surface area contributed by atoms with Crippen molar-refractivity contribution in [2.24, 2.45) is 11.1 Å². The Kier molecular flexibility index (Phi) is 5.08. The lowest BCUT2D eigenvalue weighted by Crippen LogP contribution is -2.59. The van der Waals surface area contributed by atoms with Crippen LogP contribution < -0.4 is 5.73 Å². The molecular formula is C26H32N6OS. The largest absolute Gasteiger partial charge is 0.369 e. The molecule has 0 atom stereocenters. The summed E-state index contributed by atoms with van der Waals surface area (Å²) in [5.74, 6) is 0.843. The van der Waals surface area contributed by atoms with E-state index in [9.17, 15) is 4.79 Å². The third kappa shape index (κ3) is 3.55. The maximum Gasteiger partial charge on any atom is 0.231 e. The number of carbonyl (C=O) groups is 1. The van der Waals surface area contributed by atoms with Crippen LogP contribution >= 0.6 is 11.3 Å². The second kappa shape index (κ2) is 7.92. The molecule has 1 amide bonds. The highest BCUT2D eigenvalue weighted by Gasteiger charge is 2.45. The minimum absolute atomic E-state index is 0.214. The van der Waals surface area contributed by atoms with Crippen molar-refractivity contribution in [2.75, 3.05) is 19.6 Å². The summed E-state index contributed by atoms with van der Waals surface area (Å²) in [6.45, 7) is 9.13. The predicted octanol–water partition coefficient (Wildman–Crippen LogP) is 4.82. The van der Waals surface area contributed by atoms with Gasteiger partial charge in [-0.25, -0.2) is 9.50 Å². The Balaban J connectivity index is 1.26. The van der Waals surface area contributed by atoms with Gasteiger partial charge in [-0.05, 0) is 73.1 Å². The van der Waals surface area contributed by atoms with E-state index in [0.29, 0.717) is 23.8 Å². The Morgan fingerprint density at radius 3 is 2.76 bits per heavy atom. The summed E-state index contributed by atoms with van der Waals surface area (Å²) in [5.41, 5.74) is 12.8. The zero-order valence-electron chi connectivity index (χ0n) is 20.1. The first-order valence-corrected chi connectivity index (χ1v) is 13.1. The van der Waals surface area contributed by atoms with Crippen molar-refractivity contribution < 1.29 is 4.79 Å². The van der Waals surface area contributed by atoms with E-state index < -0.39 is 0 Å². The summed E-state index contributed by atoms with van der Waals surface area (Å²) >= 11 is 1.98. The number of aromatic amines is 1. The summed E-state index contributed by atoms with van der Waals surface area (Å²) in [7, 11) is 0. The van der Waals surface area contributed by atoms with Crippen LogP contribution in [0.15, 0.2) is 24.7 Å².